The largest absolute Gasteiger partial charge is 0.379 e. The average molecular weight is 548 g/mol. The summed E-state index contributed by atoms with van der Waals surface area (Å²) in [5.41, 5.74) is 4.36. The van der Waals surface area contributed by atoms with Crippen molar-refractivity contribution in [2.24, 2.45) is 0 Å². The number of thiophene rings is 1. The summed E-state index contributed by atoms with van der Waals surface area (Å²) in [7, 11) is 0. The van der Waals surface area contributed by atoms with E-state index >= 15 is 0 Å². The zero-order valence-electron chi connectivity index (χ0n) is 22.9. The molecule has 0 aliphatic carbocycles. The standard InChI is InChI=1S/C29H37N7O2S/c1-20-25(19-33-9-7-22(8-10-33)34-11-15-37-16-12-34)39-27-26(20)31-29(32-28(27)35-13-17-38-18-14-35)36-21(2)30-23-5-3-4-6-24(23)36/h3-6,22H,7-19H2,1-2H3. The van der Waals surface area contributed by atoms with E-state index < -0.39 is 0 Å². The minimum atomic E-state index is 0.697. The number of piperidine rings is 1. The van der Waals surface area contributed by atoms with Gasteiger partial charge in [0.25, 0.3) is 0 Å². The molecule has 9 nitrogen and oxygen atoms in total. The molecule has 0 atom stereocenters. The molecule has 3 aromatic heterocycles. The summed E-state index contributed by atoms with van der Waals surface area (Å²) >= 11 is 1.88. The molecule has 1 aromatic carbocycles. The third kappa shape index (κ3) is 4.82. The van der Waals surface area contributed by atoms with Gasteiger partial charge in [0, 0.05) is 56.7 Å². The van der Waals surface area contributed by atoms with Crippen LogP contribution in [0.5, 0.6) is 0 Å². The first-order chi connectivity index (χ1) is 19.2. The van der Waals surface area contributed by atoms with Crippen LogP contribution in [-0.2, 0) is 16.0 Å². The van der Waals surface area contributed by atoms with Gasteiger partial charge in [-0.1, -0.05) is 12.1 Å². The van der Waals surface area contributed by atoms with Crippen molar-refractivity contribution in [2.75, 3.05) is 70.6 Å². The fourth-order valence-electron chi connectivity index (χ4n) is 6.33. The molecule has 0 amide bonds. The molecular weight excluding hydrogens is 510 g/mol. The molecule has 206 valence electrons. The molecule has 0 unspecified atom stereocenters. The number of hydrogen-bond donors (Lipinski definition) is 0. The van der Waals surface area contributed by atoms with Crippen LogP contribution in [0.15, 0.2) is 24.3 Å². The molecule has 10 heteroatoms. The Balaban J connectivity index is 1.22. The average Bonchev–Trinajstić information content (AvgIpc) is 3.49. The van der Waals surface area contributed by atoms with Crippen LogP contribution in [0.25, 0.3) is 27.2 Å². The molecule has 0 bridgehead atoms. The fraction of sp³-hybridized carbons (Fsp3) is 0.552. The van der Waals surface area contributed by atoms with Gasteiger partial charge in [0.05, 0.1) is 47.7 Å². The summed E-state index contributed by atoms with van der Waals surface area (Å²) in [5.74, 6) is 2.63. The summed E-state index contributed by atoms with van der Waals surface area (Å²) in [6.45, 7) is 14.6. The Labute approximate surface area is 233 Å². The molecule has 7 rings (SSSR count). The predicted octanol–water partition coefficient (Wildman–Crippen LogP) is 3.78. The van der Waals surface area contributed by atoms with Gasteiger partial charge in [-0.2, -0.15) is 4.98 Å². The molecule has 0 spiro atoms. The summed E-state index contributed by atoms with van der Waals surface area (Å²) in [6, 6.07) is 8.93. The highest BCUT2D eigenvalue weighted by molar-refractivity contribution is 7.19. The maximum absolute atomic E-state index is 5.68. The lowest BCUT2D eigenvalue weighted by molar-refractivity contribution is 0.000298. The smallest absolute Gasteiger partial charge is 0.238 e. The van der Waals surface area contributed by atoms with Crippen LogP contribution >= 0.6 is 11.3 Å². The van der Waals surface area contributed by atoms with Crippen LogP contribution in [0.2, 0.25) is 0 Å². The van der Waals surface area contributed by atoms with Crippen LogP contribution in [0, 0.1) is 13.8 Å². The molecule has 3 aliphatic rings. The lowest BCUT2D eigenvalue weighted by atomic mass is 10.0. The highest BCUT2D eigenvalue weighted by Crippen LogP contribution is 2.38. The number of aromatic nitrogens is 4. The van der Waals surface area contributed by atoms with Gasteiger partial charge in [-0.3, -0.25) is 14.4 Å². The van der Waals surface area contributed by atoms with Crippen molar-refractivity contribution in [3.8, 4) is 5.95 Å². The Morgan fingerprint density at radius 3 is 2.36 bits per heavy atom. The molecule has 39 heavy (non-hydrogen) atoms. The summed E-state index contributed by atoms with van der Waals surface area (Å²) in [6.07, 6.45) is 2.47. The van der Waals surface area contributed by atoms with Gasteiger partial charge in [0.2, 0.25) is 5.95 Å². The molecule has 3 saturated heterocycles. The number of rotatable bonds is 5. The number of aryl methyl sites for hydroxylation is 2. The minimum Gasteiger partial charge on any atom is -0.379 e. The molecule has 3 fully saturated rings. The van der Waals surface area contributed by atoms with Crippen LogP contribution in [-0.4, -0.2) is 101 Å². The van der Waals surface area contributed by atoms with E-state index in [1.807, 2.05) is 24.3 Å². The Morgan fingerprint density at radius 1 is 0.872 bits per heavy atom. The number of fused-ring (bicyclic) bond motifs is 2. The van der Waals surface area contributed by atoms with Crippen molar-refractivity contribution in [1.82, 2.24) is 29.3 Å². The van der Waals surface area contributed by atoms with E-state index in [1.165, 1.54) is 28.0 Å². The number of para-hydroxylation sites is 2. The zero-order valence-corrected chi connectivity index (χ0v) is 23.8. The second-order valence-electron chi connectivity index (χ2n) is 10.9. The van der Waals surface area contributed by atoms with Gasteiger partial charge in [-0.25, -0.2) is 9.97 Å². The second-order valence-corrected chi connectivity index (χ2v) is 12.0. The Morgan fingerprint density at radius 2 is 1.59 bits per heavy atom. The monoisotopic (exact) mass is 547 g/mol. The summed E-state index contributed by atoms with van der Waals surface area (Å²) in [4.78, 5) is 24.2. The van der Waals surface area contributed by atoms with Crippen molar-refractivity contribution in [2.45, 2.75) is 39.3 Å². The fourth-order valence-corrected chi connectivity index (χ4v) is 7.64. The van der Waals surface area contributed by atoms with E-state index in [4.69, 9.17) is 24.4 Å². The number of likely N-dealkylation sites (tertiary alicyclic amines) is 1. The number of ether oxygens (including phenoxy) is 2. The van der Waals surface area contributed by atoms with Crippen LogP contribution in [0.1, 0.15) is 29.1 Å². The minimum absolute atomic E-state index is 0.697. The van der Waals surface area contributed by atoms with E-state index in [2.05, 4.69) is 44.4 Å². The van der Waals surface area contributed by atoms with Crippen LogP contribution < -0.4 is 4.90 Å². The number of hydrogen-bond acceptors (Lipinski definition) is 9. The lowest BCUT2D eigenvalue weighted by Gasteiger charge is -2.40. The van der Waals surface area contributed by atoms with Crippen LogP contribution in [0.4, 0.5) is 5.82 Å². The molecule has 0 radical (unpaired) electrons. The topological polar surface area (TPSA) is 71.8 Å². The third-order valence-electron chi connectivity index (χ3n) is 8.56. The first-order valence-electron chi connectivity index (χ1n) is 14.3. The van der Waals surface area contributed by atoms with Crippen molar-refractivity contribution >= 4 is 38.4 Å². The highest BCUT2D eigenvalue weighted by atomic mass is 32.1. The van der Waals surface area contributed by atoms with E-state index in [-0.39, 0.29) is 0 Å². The zero-order chi connectivity index (χ0) is 26.3. The predicted molar refractivity (Wildman–Crippen MR) is 155 cm³/mol. The van der Waals surface area contributed by atoms with Crippen molar-refractivity contribution in [3.05, 3.63) is 40.5 Å². The Kier molecular flexibility index (Phi) is 6.98. The molecule has 0 N–H and O–H groups in total. The lowest BCUT2D eigenvalue weighted by Crippen LogP contribution is -2.48. The first-order valence-corrected chi connectivity index (χ1v) is 15.1. The van der Waals surface area contributed by atoms with E-state index in [0.717, 1.165) is 100 Å². The van der Waals surface area contributed by atoms with E-state index in [1.54, 1.807) is 0 Å². The number of anilines is 1. The van der Waals surface area contributed by atoms with E-state index in [0.29, 0.717) is 12.0 Å². The normalized spacial score (nSPS) is 20.4. The van der Waals surface area contributed by atoms with Gasteiger partial charge in [0.1, 0.15) is 5.82 Å². The summed E-state index contributed by atoms with van der Waals surface area (Å²) in [5, 5.41) is 0. The van der Waals surface area contributed by atoms with E-state index in [9.17, 15) is 0 Å². The van der Waals surface area contributed by atoms with Crippen LogP contribution in [0.3, 0.4) is 0 Å². The van der Waals surface area contributed by atoms with Gasteiger partial charge in [-0.05, 0) is 44.4 Å². The van der Waals surface area contributed by atoms with Crippen molar-refractivity contribution in [3.63, 3.8) is 0 Å². The number of nitrogens with zero attached hydrogens (tertiary/aromatic N) is 7. The number of imidazole rings is 1. The summed E-state index contributed by atoms with van der Waals surface area (Å²) < 4.78 is 14.5. The quantitative estimate of drug-likeness (QED) is 0.374. The van der Waals surface area contributed by atoms with Crippen molar-refractivity contribution < 1.29 is 9.47 Å². The second kappa shape index (κ2) is 10.7. The van der Waals surface area contributed by atoms with Crippen molar-refractivity contribution in [1.29, 1.82) is 0 Å². The highest BCUT2D eigenvalue weighted by Gasteiger charge is 2.28. The SMILES string of the molecule is Cc1c(CN2CCC(N3CCOCC3)CC2)sc2c(N3CCOCC3)nc(-n3c(C)nc4ccccc43)nc12. The molecular formula is C29H37N7O2S. The number of morpholine rings is 2. The van der Waals surface area contributed by atoms with Gasteiger partial charge < -0.3 is 14.4 Å². The first kappa shape index (κ1) is 25.3. The third-order valence-corrected chi connectivity index (χ3v) is 9.82. The maximum atomic E-state index is 5.68. The molecule has 4 aromatic rings. The molecule has 3 aliphatic heterocycles. The Hall–Kier alpha value is -2.63. The molecule has 6 heterocycles. The molecule has 0 saturated carbocycles. The van der Waals surface area contributed by atoms with Gasteiger partial charge in [0.15, 0.2) is 5.82 Å². The maximum Gasteiger partial charge on any atom is 0.238 e. The number of benzene rings is 1. The van der Waals surface area contributed by atoms with Gasteiger partial charge in [-0.15, -0.1) is 11.3 Å². The van der Waals surface area contributed by atoms with Gasteiger partial charge >= 0.3 is 0 Å². The Bertz CT molecular complexity index is 1460.